The van der Waals surface area contributed by atoms with Crippen LogP contribution in [-0.2, 0) is 0 Å². The zero-order valence-electron chi connectivity index (χ0n) is 9.55. The number of amidine groups is 1. The van der Waals surface area contributed by atoms with E-state index in [4.69, 9.17) is 15.7 Å². The summed E-state index contributed by atoms with van der Waals surface area (Å²) in [6.45, 7) is 0. The van der Waals surface area contributed by atoms with Gasteiger partial charge >= 0.3 is 0 Å². The molecule has 5 nitrogen and oxygen atoms in total. The predicted molar refractivity (Wildman–Crippen MR) is 78.7 cm³/mol. The molecular weight excluding hydrogens is 378 g/mol. The lowest BCUT2D eigenvalue weighted by atomic mass is 10.2. The van der Waals surface area contributed by atoms with Crippen molar-refractivity contribution in [2.45, 2.75) is 0 Å². The minimum absolute atomic E-state index is 0.0285. The lowest BCUT2D eigenvalue weighted by Crippen LogP contribution is -2.14. The summed E-state index contributed by atoms with van der Waals surface area (Å²) in [5.74, 6) is 0.987. The molecule has 0 bridgehead atoms. The molecule has 0 saturated carbocycles. The van der Waals surface area contributed by atoms with Crippen LogP contribution in [-0.4, -0.2) is 16.0 Å². The zero-order valence-corrected chi connectivity index (χ0v) is 12.7. The third-order valence-electron chi connectivity index (χ3n) is 2.23. The molecule has 7 heteroatoms. The summed E-state index contributed by atoms with van der Waals surface area (Å²) >= 11 is 6.63. The molecular formula is C12H9Br2N3O2. The van der Waals surface area contributed by atoms with Gasteiger partial charge in [0.15, 0.2) is 5.84 Å². The molecule has 0 atom stereocenters. The van der Waals surface area contributed by atoms with Gasteiger partial charge in [-0.1, -0.05) is 21.1 Å². The monoisotopic (exact) mass is 385 g/mol. The van der Waals surface area contributed by atoms with Crippen LogP contribution in [0, 0.1) is 0 Å². The van der Waals surface area contributed by atoms with Crippen molar-refractivity contribution in [2.75, 3.05) is 0 Å². The average molecular weight is 387 g/mol. The molecule has 98 valence electrons. The fraction of sp³-hybridized carbons (Fsp3) is 0. The molecule has 1 heterocycles. The minimum atomic E-state index is -0.0285. The molecule has 0 amide bonds. The first kappa shape index (κ1) is 13.8. The van der Waals surface area contributed by atoms with E-state index in [0.717, 1.165) is 8.95 Å². The van der Waals surface area contributed by atoms with Gasteiger partial charge in [-0.3, -0.25) is 4.98 Å². The number of pyridine rings is 1. The highest BCUT2D eigenvalue weighted by Crippen LogP contribution is 2.28. The topological polar surface area (TPSA) is 80.7 Å². The fourth-order valence-corrected chi connectivity index (χ4v) is 2.13. The van der Waals surface area contributed by atoms with E-state index < -0.39 is 0 Å². The standard InChI is InChI=1S/C12H9Br2N3O2/c13-7-1-2-11(10(4-7)12(15)17-18)19-9-3-8(14)5-16-6-9/h1-6,18H,(H2,15,17). The van der Waals surface area contributed by atoms with Gasteiger partial charge in [0.05, 0.1) is 11.8 Å². The zero-order chi connectivity index (χ0) is 13.8. The van der Waals surface area contributed by atoms with Crippen LogP contribution in [0.15, 0.2) is 50.8 Å². The highest BCUT2D eigenvalue weighted by molar-refractivity contribution is 9.10. The molecule has 0 aliphatic carbocycles. The second-order valence-corrected chi connectivity index (χ2v) is 5.40. The van der Waals surface area contributed by atoms with Gasteiger partial charge in [0.25, 0.3) is 0 Å². The summed E-state index contributed by atoms with van der Waals surface area (Å²) < 4.78 is 7.28. The average Bonchev–Trinajstić information content (AvgIpc) is 2.40. The first-order valence-corrected chi connectivity index (χ1v) is 6.74. The van der Waals surface area contributed by atoms with Crippen LogP contribution in [0.1, 0.15) is 5.56 Å². The Balaban J connectivity index is 2.40. The van der Waals surface area contributed by atoms with Crippen LogP contribution < -0.4 is 10.5 Å². The predicted octanol–water partition coefficient (Wildman–Crippen LogP) is 3.49. The lowest BCUT2D eigenvalue weighted by molar-refractivity contribution is 0.318. The third kappa shape index (κ3) is 3.45. The Bertz CT molecular complexity index is 632. The number of nitrogens with zero attached hydrogens (tertiary/aromatic N) is 2. The van der Waals surface area contributed by atoms with Gasteiger partial charge in [0.2, 0.25) is 0 Å². The van der Waals surface area contributed by atoms with Crippen LogP contribution in [0.5, 0.6) is 11.5 Å². The van der Waals surface area contributed by atoms with E-state index in [-0.39, 0.29) is 5.84 Å². The van der Waals surface area contributed by atoms with Gasteiger partial charge in [-0.05, 0) is 40.2 Å². The molecule has 0 spiro atoms. The summed E-state index contributed by atoms with van der Waals surface area (Å²) in [5.41, 5.74) is 6.10. The van der Waals surface area contributed by atoms with Crippen molar-refractivity contribution in [3.8, 4) is 11.5 Å². The van der Waals surface area contributed by atoms with E-state index in [0.29, 0.717) is 17.1 Å². The van der Waals surface area contributed by atoms with Crippen LogP contribution in [0.2, 0.25) is 0 Å². The van der Waals surface area contributed by atoms with Crippen LogP contribution >= 0.6 is 31.9 Å². The molecule has 2 aromatic rings. The molecule has 19 heavy (non-hydrogen) atoms. The maximum Gasteiger partial charge on any atom is 0.173 e. The Kier molecular flexibility index (Phi) is 4.39. The van der Waals surface area contributed by atoms with Crippen molar-refractivity contribution >= 4 is 37.7 Å². The second-order valence-electron chi connectivity index (χ2n) is 3.57. The van der Waals surface area contributed by atoms with Gasteiger partial charge in [0.1, 0.15) is 11.5 Å². The van der Waals surface area contributed by atoms with Crippen molar-refractivity contribution in [1.29, 1.82) is 0 Å². The minimum Gasteiger partial charge on any atom is -0.455 e. The number of benzene rings is 1. The molecule has 0 aliphatic rings. The number of oxime groups is 1. The van der Waals surface area contributed by atoms with Gasteiger partial charge in [0, 0.05) is 15.1 Å². The van der Waals surface area contributed by atoms with Crippen molar-refractivity contribution < 1.29 is 9.94 Å². The van der Waals surface area contributed by atoms with Gasteiger partial charge in [-0.2, -0.15) is 0 Å². The Labute approximate surface area is 126 Å². The summed E-state index contributed by atoms with van der Waals surface area (Å²) in [7, 11) is 0. The number of ether oxygens (including phenoxy) is 1. The molecule has 0 fully saturated rings. The maximum absolute atomic E-state index is 8.79. The van der Waals surface area contributed by atoms with Gasteiger partial charge in [-0.25, -0.2) is 0 Å². The Morgan fingerprint density at radius 1 is 1.21 bits per heavy atom. The molecule has 1 aromatic carbocycles. The maximum atomic E-state index is 8.79. The Morgan fingerprint density at radius 2 is 2.00 bits per heavy atom. The summed E-state index contributed by atoms with van der Waals surface area (Å²) in [6, 6.07) is 6.99. The molecule has 1 aromatic heterocycles. The SMILES string of the molecule is N/C(=N/O)c1cc(Br)ccc1Oc1cncc(Br)c1. The molecule has 0 unspecified atom stereocenters. The smallest absolute Gasteiger partial charge is 0.173 e. The molecule has 0 radical (unpaired) electrons. The highest BCUT2D eigenvalue weighted by Gasteiger charge is 2.10. The molecule has 0 saturated heterocycles. The number of rotatable bonds is 3. The first-order chi connectivity index (χ1) is 9.10. The Hall–Kier alpha value is -1.60. The van der Waals surface area contributed by atoms with Gasteiger partial charge < -0.3 is 15.7 Å². The van der Waals surface area contributed by atoms with Gasteiger partial charge in [-0.15, -0.1) is 0 Å². The van der Waals surface area contributed by atoms with Crippen molar-refractivity contribution in [2.24, 2.45) is 10.9 Å². The summed E-state index contributed by atoms with van der Waals surface area (Å²) in [5, 5.41) is 11.8. The number of aromatic nitrogens is 1. The lowest BCUT2D eigenvalue weighted by Gasteiger charge is -2.10. The fourth-order valence-electron chi connectivity index (χ4n) is 1.42. The molecule has 2 rings (SSSR count). The van der Waals surface area contributed by atoms with E-state index in [1.807, 2.05) is 0 Å². The largest absolute Gasteiger partial charge is 0.455 e. The van der Waals surface area contributed by atoms with Crippen LogP contribution in [0.25, 0.3) is 0 Å². The van der Waals surface area contributed by atoms with E-state index in [2.05, 4.69) is 42.0 Å². The number of hydrogen-bond acceptors (Lipinski definition) is 4. The van der Waals surface area contributed by atoms with Crippen LogP contribution in [0.4, 0.5) is 0 Å². The van der Waals surface area contributed by atoms with E-state index in [1.54, 1.807) is 36.7 Å². The third-order valence-corrected chi connectivity index (χ3v) is 3.16. The molecule has 0 aliphatic heterocycles. The first-order valence-electron chi connectivity index (χ1n) is 5.16. The van der Waals surface area contributed by atoms with Crippen molar-refractivity contribution in [1.82, 2.24) is 4.98 Å². The van der Waals surface area contributed by atoms with E-state index in [1.165, 1.54) is 0 Å². The molecule has 3 N–H and O–H groups in total. The Morgan fingerprint density at radius 3 is 2.68 bits per heavy atom. The van der Waals surface area contributed by atoms with E-state index >= 15 is 0 Å². The number of halogens is 2. The quantitative estimate of drug-likeness (QED) is 0.366. The van der Waals surface area contributed by atoms with Crippen molar-refractivity contribution in [3.63, 3.8) is 0 Å². The number of hydrogen-bond donors (Lipinski definition) is 2. The normalized spacial score (nSPS) is 11.4. The van der Waals surface area contributed by atoms with Crippen molar-refractivity contribution in [3.05, 3.63) is 51.2 Å². The van der Waals surface area contributed by atoms with Crippen LogP contribution in [0.3, 0.4) is 0 Å². The second kappa shape index (κ2) is 6.03. The summed E-state index contributed by atoms with van der Waals surface area (Å²) in [4.78, 5) is 4.00. The number of nitrogens with two attached hydrogens (primary N) is 1. The highest BCUT2D eigenvalue weighted by atomic mass is 79.9. The van der Waals surface area contributed by atoms with E-state index in [9.17, 15) is 0 Å². The summed E-state index contributed by atoms with van der Waals surface area (Å²) in [6.07, 6.45) is 3.22.